The van der Waals surface area contributed by atoms with Gasteiger partial charge in [0.1, 0.15) is 5.75 Å². The minimum atomic E-state index is -0.904. The Morgan fingerprint density at radius 1 is 1.10 bits per heavy atom. The van der Waals surface area contributed by atoms with Crippen LogP contribution in [0.25, 0.3) is 11.3 Å². The van der Waals surface area contributed by atoms with Crippen molar-refractivity contribution in [2.45, 2.75) is 39.4 Å². The van der Waals surface area contributed by atoms with E-state index in [0.717, 1.165) is 5.75 Å². The Labute approximate surface area is 167 Å². The van der Waals surface area contributed by atoms with Crippen LogP contribution in [-0.2, 0) is 4.79 Å². The molecule has 3 aromatic rings. The van der Waals surface area contributed by atoms with Crippen molar-refractivity contribution in [1.82, 2.24) is 10.3 Å². The number of carbonyl (C=O) groups is 1. The van der Waals surface area contributed by atoms with E-state index in [0.29, 0.717) is 17.7 Å². The maximum absolute atomic E-state index is 13.8. The molecule has 152 valence electrons. The first-order valence-corrected chi connectivity index (χ1v) is 9.29. The van der Waals surface area contributed by atoms with E-state index in [1.807, 2.05) is 13.8 Å². The molecule has 0 saturated heterocycles. The van der Waals surface area contributed by atoms with Gasteiger partial charge in [0.05, 0.1) is 6.10 Å². The van der Waals surface area contributed by atoms with Gasteiger partial charge in [-0.3, -0.25) is 4.79 Å². The van der Waals surface area contributed by atoms with Crippen LogP contribution in [-0.4, -0.2) is 28.4 Å². The van der Waals surface area contributed by atoms with Crippen LogP contribution in [0.15, 0.2) is 53.2 Å². The van der Waals surface area contributed by atoms with Crippen molar-refractivity contribution >= 4 is 11.7 Å². The maximum atomic E-state index is 13.8. The van der Waals surface area contributed by atoms with E-state index < -0.39 is 17.8 Å². The third kappa shape index (κ3) is 5.10. The van der Waals surface area contributed by atoms with Crippen molar-refractivity contribution in [2.75, 3.05) is 5.32 Å². The number of para-hydroxylation sites is 1. The number of hydrogen-bond acceptors (Lipinski definition) is 6. The highest BCUT2D eigenvalue weighted by Crippen LogP contribution is 2.27. The van der Waals surface area contributed by atoms with Crippen LogP contribution in [0.1, 0.15) is 27.2 Å². The molecule has 8 heteroatoms. The van der Waals surface area contributed by atoms with Crippen molar-refractivity contribution in [3.63, 3.8) is 0 Å². The van der Waals surface area contributed by atoms with Crippen LogP contribution < -0.4 is 14.8 Å². The largest absolute Gasteiger partial charge is 0.491 e. The van der Waals surface area contributed by atoms with Gasteiger partial charge in [0.25, 0.3) is 5.91 Å². The summed E-state index contributed by atoms with van der Waals surface area (Å²) < 4.78 is 29.8. The molecule has 0 fully saturated rings. The first-order valence-electron chi connectivity index (χ1n) is 9.29. The lowest BCUT2D eigenvalue weighted by molar-refractivity contribution is -0.122. The zero-order valence-corrected chi connectivity index (χ0v) is 16.4. The lowest BCUT2D eigenvalue weighted by atomic mass is 10.1. The van der Waals surface area contributed by atoms with Gasteiger partial charge in [-0.1, -0.05) is 19.1 Å². The number of ether oxygens (including phenoxy) is 2. The van der Waals surface area contributed by atoms with Crippen molar-refractivity contribution in [1.29, 1.82) is 0 Å². The Hall–Kier alpha value is -3.42. The highest BCUT2D eigenvalue weighted by molar-refractivity contribution is 5.96. The molecule has 1 N–H and O–H groups in total. The highest BCUT2D eigenvalue weighted by atomic mass is 19.1. The summed E-state index contributed by atoms with van der Waals surface area (Å²) >= 11 is 0. The van der Waals surface area contributed by atoms with Crippen molar-refractivity contribution in [3.8, 4) is 22.8 Å². The molecule has 3 rings (SSSR count). The van der Waals surface area contributed by atoms with Gasteiger partial charge in [-0.15, -0.1) is 0 Å². The zero-order valence-electron chi connectivity index (χ0n) is 16.4. The van der Waals surface area contributed by atoms with Crippen LogP contribution >= 0.6 is 0 Å². The summed E-state index contributed by atoms with van der Waals surface area (Å²) in [6, 6.07) is 13.1. The Kier molecular flexibility index (Phi) is 6.43. The Morgan fingerprint density at radius 3 is 2.48 bits per heavy atom. The summed E-state index contributed by atoms with van der Waals surface area (Å²) in [5.74, 6) is -0.134. The number of halogens is 1. The van der Waals surface area contributed by atoms with Crippen molar-refractivity contribution in [2.24, 2.45) is 0 Å². The summed E-state index contributed by atoms with van der Waals surface area (Å²) in [5, 5.41) is 10.3. The first-order chi connectivity index (χ1) is 14.0. The number of amides is 1. The van der Waals surface area contributed by atoms with Crippen LogP contribution in [0.3, 0.4) is 0 Å². The SMILES string of the molecule is CCC(Oc1ccccc1F)C(=O)Nc1nonc1-c1ccc(OC(C)C)cc1. The van der Waals surface area contributed by atoms with Crippen LogP contribution in [0.2, 0.25) is 0 Å². The van der Waals surface area contributed by atoms with Gasteiger partial charge < -0.3 is 14.8 Å². The third-order valence-corrected chi connectivity index (χ3v) is 4.00. The van der Waals surface area contributed by atoms with Crippen molar-refractivity contribution < 1.29 is 23.3 Å². The average molecular weight is 399 g/mol. The third-order valence-electron chi connectivity index (χ3n) is 4.00. The van der Waals surface area contributed by atoms with E-state index in [4.69, 9.17) is 14.1 Å². The molecule has 2 aromatic carbocycles. The van der Waals surface area contributed by atoms with E-state index in [1.54, 1.807) is 43.3 Å². The molecule has 0 aliphatic carbocycles. The Morgan fingerprint density at radius 2 is 1.83 bits per heavy atom. The number of nitrogens with zero attached hydrogens (tertiary/aromatic N) is 2. The normalized spacial score (nSPS) is 11.9. The minimum Gasteiger partial charge on any atom is -0.491 e. The molecule has 7 nitrogen and oxygen atoms in total. The molecule has 1 amide bonds. The molecule has 1 heterocycles. The molecule has 1 aromatic heterocycles. The molecule has 0 spiro atoms. The van der Waals surface area contributed by atoms with Gasteiger partial charge in [-0.05, 0) is 67.0 Å². The number of anilines is 1. The van der Waals surface area contributed by atoms with E-state index >= 15 is 0 Å². The predicted octanol–water partition coefficient (Wildman–Crippen LogP) is 4.46. The fraction of sp³-hybridized carbons (Fsp3) is 0.286. The van der Waals surface area contributed by atoms with Gasteiger partial charge in [0.15, 0.2) is 23.4 Å². The fourth-order valence-electron chi connectivity index (χ4n) is 2.64. The van der Waals surface area contributed by atoms with Crippen LogP contribution in [0.4, 0.5) is 10.2 Å². The average Bonchev–Trinajstić information content (AvgIpc) is 3.15. The van der Waals surface area contributed by atoms with E-state index in [1.165, 1.54) is 12.1 Å². The van der Waals surface area contributed by atoms with Gasteiger partial charge in [0, 0.05) is 5.56 Å². The van der Waals surface area contributed by atoms with Crippen LogP contribution in [0.5, 0.6) is 11.5 Å². The Bertz CT molecular complexity index is 957. The quantitative estimate of drug-likeness (QED) is 0.602. The highest BCUT2D eigenvalue weighted by Gasteiger charge is 2.23. The maximum Gasteiger partial charge on any atom is 0.266 e. The van der Waals surface area contributed by atoms with E-state index in [9.17, 15) is 9.18 Å². The smallest absolute Gasteiger partial charge is 0.266 e. The second kappa shape index (κ2) is 9.18. The molecule has 0 radical (unpaired) electrons. The lowest BCUT2D eigenvalue weighted by Crippen LogP contribution is -2.32. The minimum absolute atomic E-state index is 0.00809. The Balaban J connectivity index is 1.73. The topological polar surface area (TPSA) is 86.5 Å². The molecule has 0 saturated carbocycles. The summed E-state index contributed by atoms with van der Waals surface area (Å²) in [4.78, 5) is 12.6. The monoisotopic (exact) mass is 399 g/mol. The van der Waals surface area contributed by atoms with Gasteiger partial charge in [0.2, 0.25) is 5.82 Å². The fourth-order valence-corrected chi connectivity index (χ4v) is 2.64. The number of carbonyl (C=O) groups excluding carboxylic acids is 1. The number of nitrogens with one attached hydrogen (secondary N) is 1. The number of rotatable bonds is 8. The number of hydrogen-bond donors (Lipinski definition) is 1. The standard InChI is InChI=1S/C21H22FN3O4/c1-4-17(28-18-8-6-5-7-16(18)22)21(26)23-20-19(24-29-25-20)14-9-11-15(12-10-14)27-13(2)3/h5-13,17H,4H2,1-3H3,(H,23,25,26). The molecule has 0 bridgehead atoms. The van der Waals surface area contributed by atoms with E-state index in [2.05, 4.69) is 15.6 Å². The molecular formula is C21H22FN3O4. The second-order valence-corrected chi connectivity index (χ2v) is 6.59. The first kappa shape index (κ1) is 20.3. The number of benzene rings is 2. The molecule has 1 unspecified atom stereocenters. The lowest BCUT2D eigenvalue weighted by Gasteiger charge is -2.17. The summed E-state index contributed by atoms with van der Waals surface area (Å²) in [6.45, 7) is 5.65. The summed E-state index contributed by atoms with van der Waals surface area (Å²) in [5.41, 5.74) is 1.07. The van der Waals surface area contributed by atoms with Gasteiger partial charge in [-0.25, -0.2) is 9.02 Å². The van der Waals surface area contributed by atoms with Crippen LogP contribution in [0, 0.1) is 5.82 Å². The molecule has 29 heavy (non-hydrogen) atoms. The van der Waals surface area contributed by atoms with E-state index in [-0.39, 0.29) is 17.7 Å². The van der Waals surface area contributed by atoms with Gasteiger partial charge >= 0.3 is 0 Å². The number of aromatic nitrogens is 2. The van der Waals surface area contributed by atoms with Gasteiger partial charge in [-0.2, -0.15) is 0 Å². The summed E-state index contributed by atoms with van der Waals surface area (Å²) in [6.07, 6.45) is -0.509. The molecule has 0 aliphatic heterocycles. The summed E-state index contributed by atoms with van der Waals surface area (Å²) in [7, 11) is 0. The molecule has 0 aliphatic rings. The zero-order chi connectivity index (χ0) is 20.8. The van der Waals surface area contributed by atoms with Crippen molar-refractivity contribution in [3.05, 3.63) is 54.3 Å². The molecule has 1 atom stereocenters. The molecular weight excluding hydrogens is 377 g/mol. The predicted molar refractivity (Wildman–Crippen MR) is 105 cm³/mol. The second-order valence-electron chi connectivity index (χ2n) is 6.59.